The van der Waals surface area contributed by atoms with Crippen LogP contribution in [0.5, 0.6) is 0 Å². The van der Waals surface area contributed by atoms with E-state index in [1.807, 2.05) is 25.7 Å². The summed E-state index contributed by atoms with van der Waals surface area (Å²) in [5.41, 5.74) is -0.634. The number of nitrogens with zero attached hydrogens (tertiary/aromatic N) is 1. The van der Waals surface area contributed by atoms with Gasteiger partial charge in [0.05, 0.1) is 12.1 Å². The molecule has 0 N–H and O–H groups in total. The molecule has 1 aliphatic heterocycles. The number of unbranched alkanes of at least 4 members (excludes halogenated alkanes) is 3. The van der Waals surface area contributed by atoms with Gasteiger partial charge < -0.3 is 14.4 Å². The van der Waals surface area contributed by atoms with Crippen LogP contribution >= 0.6 is 22.6 Å². The number of carbonyl (C=O) groups is 1. The van der Waals surface area contributed by atoms with Crippen molar-refractivity contribution in [3.8, 4) is 0 Å². The third-order valence-electron chi connectivity index (χ3n) is 3.84. The summed E-state index contributed by atoms with van der Waals surface area (Å²) in [6.07, 6.45) is 6.65. The molecule has 0 radical (unpaired) electrons. The Morgan fingerprint density at radius 1 is 1.27 bits per heavy atom. The summed E-state index contributed by atoms with van der Waals surface area (Å²) in [4.78, 5) is 14.1. The third-order valence-corrected chi connectivity index (χ3v) is 5.23. The highest BCUT2D eigenvalue weighted by Gasteiger charge is 2.38. The molecule has 1 unspecified atom stereocenters. The van der Waals surface area contributed by atoms with E-state index in [4.69, 9.17) is 9.47 Å². The largest absolute Gasteiger partial charge is 0.444 e. The molecule has 1 heterocycles. The lowest BCUT2D eigenvalue weighted by Gasteiger charge is -2.42. The zero-order chi connectivity index (χ0) is 16.6. The number of ether oxygens (including phenoxy) is 2. The fourth-order valence-electron chi connectivity index (χ4n) is 2.66. The first kappa shape index (κ1) is 20.0. The highest BCUT2D eigenvalue weighted by molar-refractivity contribution is 14.1. The fraction of sp³-hybridized carbons (Fsp3) is 0.941. The molecular formula is C17H32INO3. The van der Waals surface area contributed by atoms with Crippen molar-refractivity contribution in [3.63, 3.8) is 0 Å². The minimum Gasteiger partial charge on any atom is -0.444 e. The normalized spacial score (nSPS) is 22.7. The molecule has 0 bridgehead atoms. The molecule has 0 aliphatic carbocycles. The average molecular weight is 425 g/mol. The zero-order valence-corrected chi connectivity index (χ0v) is 16.8. The van der Waals surface area contributed by atoms with Crippen LogP contribution < -0.4 is 0 Å². The number of amides is 1. The van der Waals surface area contributed by atoms with E-state index in [1.54, 1.807) is 0 Å². The molecule has 1 saturated heterocycles. The average Bonchev–Trinajstić information content (AvgIpc) is 2.45. The molecule has 0 aromatic rings. The summed E-state index contributed by atoms with van der Waals surface area (Å²) in [5.74, 6) is 0. The molecule has 4 nitrogen and oxygen atoms in total. The van der Waals surface area contributed by atoms with Gasteiger partial charge in [0.1, 0.15) is 5.60 Å². The first-order valence-electron chi connectivity index (χ1n) is 8.50. The van der Waals surface area contributed by atoms with Crippen molar-refractivity contribution in [2.75, 3.05) is 24.1 Å². The molecule has 0 aromatic carbocycles. The van der Waals surface area contributed by atoms with Gasteiger partial charge in [-0.2, -0.15) is 0 Å². The first-order chi connectivity index (χ1) is 10.3. The minimum atomic E-state index is -0.442. The Hall–Kier alpha value is -0.0400. The number of alkyl halides is 1. The summed E-state index contributed by atoms with van der Waals surface area (Å²) < 4.78 is 12.6. The topological polar surface area (TPSA) is 38.8 Å². The predicted molar refractivity (Wildman–Crippen MR) is 98.8 cm³/mol. The maximum Gasteiger partial charge on any atom is 0.410 e. The van der Waals surface area contributed by atoms with E-state index in [0.29, 0.717) is 6.54 Å². The Kier molecular flexibility index (Phi) is 8.46. The lowest BCUT2D eigenvalue weighted by molar-refractivity contribution is -0.0758. The zero-order valence-electron chi connectivity index (χ0n) is 14.6. The van der Waals surface area contributed by atoms with Crippen LogP contribution in [0.4, 0.5) is 4.79 Å². The Morgan fingerprint density at radius 3 is 2.59 bits per heavy atom. The van der Waals surface area contributed by atoms with Gasteiger partial charge in [0.15, 0.2) is 0 Å². The summed E-state index contributed by atoms with van der Waals surface area (Å²) in [5, 5.41) is 0. The van der Waals surface area contributed by atoms with E-state index in [-0.39, 0.29) is 11.7 Å². The van der Waals surface area contributed by atoms with Gasteiger partial charge in [0.25, 0.3) is 0 Å². The van der Waals surface area contributed by atoms with Crippen molar-refractivity contribution in [1.82, 2.24) is 4.90 Å². The van der Waals surface area contributed by atoms with Crippen LogP contribution in [0.15, 0.2) is 0 Å². The predicted octanol–water partition coefficient (Wildman–Crippen LogP) is 4.79. The smallest absolute Gasteiger partial charge is 0.410 e. The minimum absolute atomic E-state index is 0.193. The molecule has 22 heavy (non-hydrogen) atoms. The van der Waals surface area contributed by atoms with Crippen molar-refractivity contribution in [2.45, 2.75) is 77.4 Å². The number of likely N-dealkylation sites (tertiary alicyclic amines) is 1. The molecule has 5 heteroatoms. The second-order valence-electron chi connectivity index (χ2n) is 7.23. The highest BCUT2D eigenvalue weighted by Crippen LogP contribution is 2.29. The molecule has 0 saturated carbocycles. The maximum absolute atomic E-state index is 12.3. The van der Waals surface area contributed by atoms with Crippen LogP contribution in [0.25, 0.3) is 0 Å². The van der Waals surface area contributed by atoms with E-state index in [1.165, 1.54) is 19.3 Å². The fourth-order valence-corrected chi connectivity index (χ4v) is 3.51. The first-order valence-corrected chi connectivity index (χ1v) is 10.0. The van der Waals surface area contributed by atoms with E-state index in [0.717, 1.165) is 36.8 Å². The van der Waals surface area contributed by atoms with Crippen molar-refractivity contribution >= 4 is 28.7 Å². The molecule has 130 valence electrons. The standard InChI is InChI=1S/C17H32INO3/c1-5-6-7-8-12-21-17(13-18)10-9-11-19(14-17)15(20)22-16(2,3)4/h5-14H2,1-4H3. The molecule has 1 fully saturated rings. The maximum atomic E-state index is 12.3. The molecular weight excluding hydrogens is 393 g/mol. The summed E-state index contributed by atoms with van der Waals surface area (Å²) in [7, 11) is 0. The summed E-state index contributed by atoms with van der Waals surface area (Å²) in [6, 6.07) is 0. The van der Waals surface area contributed by atoms with E-state index >= 15 is 0 Å². The molecule has 1 rings (SSSR count). The van der Waals surface area contributed by atoms with Crippen LogP contribution in [0.3, 0.4) is 0 Å². The SMILES string of the molecule is CCCCCCOC1(CI)CCCN(C(=O)OC(C)(C)C)C1. The van der Waals surface area contributed by atoms with Gasteiger partial charge in [-0.1, -0.05) is 48.8 Å². The van der Waals surface area contributed by atoms with Gasteiger partial charge in [-0.25, -0.2) is 4.79 Å². The van der Waals surface area contributed by atoms with Gasteiger partial charge in [0, 0.05) is 17.6 Å². The number of hydrogen-bond acceptors (Lipinski definition) is 3. The van der Waals surface area contributed by atoms with Crippen LogP contribution in [0, 0.1) is 0 Å². The Morgan fingerprint density at radius 2 is 2.00 bits per heavy atom. The number of hydrogen-bond donors (Lipinski definition) is 0. The number of halogens is 1. The Balaban J connectivity index is 2.51. The lowest BCUT2D eigenvalue weighted by Crippen LogP contribution is -2.53. The lowest BCUT2D eigenvalue weighted by atomic mass is 9.95. The van der Waals surface area contributed by atoms with Gasteiger partial charge in [0.2, 0.25) is 0 Å². The van der Waals surface area contributed by atoms with Crippen LogP contribution in [0.2, 0.25) is 0 Å². The second kappa shape index (κ2) is 9.30. The summed E-state index contributed by atoms with van der Waals surface area (Å²) in [6.45, 7) is 10.2. The molecule has 0 aromatic heterocycles. The molecule has 1 amide bonds. The van der Waals surface area contributed by atoms with E-state index in [2.05, 4.69) is 29.5 Å². The quantitative estimate of drug-likeness (QED) is 0.335. The van der Waals surface area contributed by atoms with Crippen molar-refractivity contribution < 1.29 is 14.3 Å². The Labute approximate surface area is 149 Å². The van der Waals surface area contributed by atoms with E-state index < -0.39 is 5.60 Å². The van der Waals surface area contributed by atoms with Crippen LogP contribution in [-0.2, 0) is 9.47 Å². The molecule has 1 atom stereocenters. The number of rotatable bonds is 7. The number of carbonyl (C=O) groups excluding carboxylic acids is 1. The third kappa shape index (κ3) is 7.02. The van der Waals surface area contributed by atoms with Gasteiger partial charge >= 0.3 is 6.09 Å². The molecule has 1 aliphatic rings. The van der Waals surface area contributed by atoms with Crippen molar-refractivity contribution in [1.29, 1.82) is 0 Å². The highest BCUT2D eigenvalue weighted by atomic mass is 127. The summed E-state index contributed by atoms with van der Waals surface area (Å²) >= 11 is 2.39. The second-order valence-corrected chi connectivity index (χ2v) is 7.99. The van der Waals surface area contributed by atoms with Crippen molar-refractivity contribution in [2.24, 2.45) is 0 Å². The van der Waals surface area contributed by atoms with Gasteiger partial charge in [-0.05, 0) is 40.0 Å². The van der Waals surface area contributed by atoms with E-state index in [9.17, 15) is 4.79 Å². The Bertz CT molecular complexity index is 343. The van der Waals surface area contributed by atoms with Crippen molar-refractivity contribution in [3.05, 3.63) is 0 Å². The monoisotopic (exact) mass is 425 g/mol. The molecule has 0 spiro atoms. The number of piperidine rings is 1. The van der Waals surface area contributed by atoms with Gasteiger partial charge in [-0.15, -0.1) is 0 Å². The van der Waals surface area contributed by atoms with Crippen LogP contribution in [0.1, 0.15) is 66.2 Å². The van der Waals surface area contributed by atoms with Gasteiger partial charge in [-0.3, -0.25) is 0 Å². The van der Waals surface area contributed by atoms with Crippen LogP contribution in [-0.4, -0.2) is 46.3 Å².